The summed E-state index contributed by atoms with van der Waals surface area (Å²) in [6, 6.07) is 4.46. The fourth-order valence-electron chi connectivity index (χ4n) is 2.10. The van der Waals surface area contributed by atoms with Gasteiger partial charge in [-0.05, 0) is 24.6 Å². The van der Waals surface area contributed by atoms with Crippen molar-refractivity contribution < 1.29 is 8.42 Å². The van der Waals surface area contributed by atoms with Gasteiger partial charge < -0.3 is 10.2 Å². The minimum Gasteiger partial charge on any atom is -0.388 e. The van der Waals surface area contributed by atoms with Crippen LogP contribution in [0.2, 0.25) is 5.02 Å². The van der Waals surface area contributed by atoms with Crippen molar-refractivity contribution in [2.45, 2.75) is 17.4 Å². The van der Waals surface area contributed by atoms with Crippen molar-refractivity contribution in [3.8, 4) is 6.19 Å². The number of halogens is 1. The van der Waals surface area contributed by atoms with Crippen molar-refractivity contribution >= 4 is 27.3 Å². The molecule has 0 aromatic heterocycles. The SMILES string of the molecule is CNc1ccc(Cl)c(S(=O)(=O)N[C@@H]2CCN(C#N)C2)c1. The zero-order valence-corrected chi connectivity index (χ0v) is 12.5. The molecule has 20 heavy (non-hydrogen) atoms. The summed E-state index contributed by atoms with van der Waals surface area (Å²) in [5.41, 5.74) is 0.667. The maximum Gasteiger partial charge on any atom is 0.242 e. The molecule has 8 heteroatoms. The Balaban J connectivity index is 2.21. The number of nitrogens with zero attached hydrogens (tertiary/aromatic N) is 2. The summed E-state index contributed by atoms with van der Waals surface area (Å²) in [5, 5.41) is 11.8. The van der Waals surface area contributed by atoms with E-state index in [1.807, 2.05) is 6.19 Å². The Kier molecular flexibility index (Phi) is 4.38. The van der Waals surface area contributed by atoms with Crippen molar-refractivity contribution in [2.75, 3.05) is 25.5 Å². The van der Waals surface area contributed by atoms with E-state index in [1.165, 1.54) is 17.0 Å². The van der Waals surface area contributed by atoms with E-state index >= 15 is 0 Å². The van der Waals surface area contributed by atoms with Crippen LogP contribution in [0, 0.1) is 11.5 Å². The highest BCUT2D eigenvalue weighted by Crippen LogP contribution is 2.25. The fourth-order valence-corrected chi connectivity index (χ4v) is 3.88. The zero-order valence-electron chi connectivity index (χ0n) is 10.9. The maximum atomic E-state index is 12.3. The van der Waals surface area contributed by atoms with E-state index in [4.69, 9.17) is 16.9 Å². The average Bonchev–Trinajstić information content (AvgIpc) is 2.86. The number of benzene rings is 1. The third-order valence-electron chi connectivity index (χ3n) is 3.16. The third-order valence-corrected chi connectivity index (χ3v) is 5.16. The van der Waals surface area contributed by atoms with Gasteiger partial charge in [-0.25, -0.2) is 13.1 Å². The standard InChI is InChI=1S/C12H15ClN4O2S/c1-15-9-2-3-11(13)12(6-9)20(18,19)16-10-4-5-17(7-10)8-14/h2-3,6,10,15-16H,4-5,7H2,1H3/t10-/m1/s1. The van der Waals surface area contributed by atoms with Crippen LogP contribution in [0.25, 0.3) is 0 Å². The smallest absolute Gasteiger partial charge is 0.242 e. The first-order valence-electron chi connectivity index (χ1n) is 6.10. The molecule has 0 amide bonds. The molecule has 1 fully saturated rings. The quantitative estimate of drug-likeness (QED) is 0.816. The van der Waals surface area contributed by atoms with E-state index in [9.17, 15) is 8.42 Å². The van der Waals surface area contributed by atoms with Gasteiger partial charge in [-0.15, -0.1) is 0 Å². The highest BCUT2D eigenvalue weighted by molar-refractivity contribution is 7.89. The van der Waals surface area contributed by atoms with E-state index in [-0.39, 0.29) is 16.0 Å². The van der Waals surface area contributed by atoms with E-state index < -0.39 is 10.0 Å². The van der Waals surface area contributed by atoms with Gasteiger partial charge in [0.1, 0.15) is 4.90 Å². The third kappa shape index (κ3) is 3.15. The molecule has 0 aliphatic carbocycles. The molecule has 2 rings (SSSR count). The summed E-state index contributed by atoms with van der Waals surface area (Å²) in [7, 11) is -1.99. The molecule has 1 aliphatic rings. The molecule has 0 radical (unpaired) electrons. The zero-order chi connectivity index (χ0) is 14.8. The van der Waals surface area contributed by atoms with Crippen LogP contribution in [-0.4, -0.2) is 39.5 Å². The summed E-state index contributed by atoms with van der Waals surface area (Å²) in [5.74, 6) is 0. The number of anilines is 1. The van der Waals surface area contributed by atoms with Gasteiger partial charge >= 0.3 is 0 Å². The van der Waals surface area contributed by atoms with Crippen LogP contribution in [0.15, 0.2) is 23.1 Å². The van der Waals surface area contributed by atoms with Crippen LogP contribution < -0.4 is 10.0 Å². The monoisotopic (exact) mass is 314 g/mol. The lowest BCUT2D eigenvalue weighted by Crippen LogP contribution is -2.36. The van der Waals surface area contributed by atoms with E-state index in [2.05, 4.69) is 10.0 Å². The van der Waals surface area contributed by atoms with Gasteiger partial charge in [0.2, 0.25) is 10.0 Å². The second-order valence-electron chi connectivity index (χ2n) is 4.55. The van der Waals surface area contributed by atoms with Gasteiger partial charge in [0.05, 0.1) is 5.02 Å². The van der Waals surface area contributed by atoms with Crippen molar-refractivity contribution in [3.63, 3.8) is 0 Å². The maximum absolute atomic E-state index is 12.3. The second kappa shape index (κ2) is 5.87. The first-order valence-corrected chi connectivity index (χ1v) is 7.96. The molecule has 1 saturated heterocycles. The predicted octanol–water partition coefficient (Wildman–Crippen LogP) is 1.22. The van der Waals surface area contributed by atoms with E-state index in [1.54, 1.807) is 13.1 Å². The average molecular weight is 315 g/mol. The first-order chi connectivity index (χ1) is 9.46. The topological polar surface area (TPSA) is 85.2 Å². The molecule has 0 bridgehead atoms. The van der Waals surface area contributed by atoms with Crippen molar-refractivity contribution in [1.29, 1.82) is 5.26 Å². The summed E-state index contributed by atoms with van der Waals surface area (Å²) in [6.07, 6.45) is 2.62. The van der Waals surface area contributed by atoms with Gasteiger partial charge in [-0.1, -0.05) is 11.6 Å². The van der Waals surface area contributed by atoms with Gasteiger partial charge in [-0.3, -0.25) is 0 Å². The molecule has 2 N–H and O–H groups in total. The van der Waals surface area contributed by atoms with Crippen molar-refractivity contribution in [2.24, 2.45) is 0 Å². The van der Waals surface area contributed by atoms with Crippen LogP contribution in [0.5, 0.6) is 0 Å². The van der Waals surface area contributed by atoms with E-state index in [0.717, 1.165) is 0 Å². The van der Waals surface area contributed by atoms with Crippen LogP contribution in [0.3, 0.4) is 0 Å². The van der Waals surface area contributed by atoms with Crippen LogP contribution in [-0.2, 0) is 10.0 Å². The summed E-state index contributed by atoms with van der Waals surface area (Å²) in [6.45, 7) is 0.951. The summed E-state index contributed by atoms with van der Waals surface area (Å²) < 4.78 is 27.3. The molecule has 0 spiro atoms. The normalized spacial score (nSPS) is 18.9. The van der Waals surface area contributed by atoms with Crippen LogP contribution in [0.1, 0.15) is 6.42 Å². The molecule has 1 aromatic rings. The Hall–Kier alpha value is -1.49. The lowest BCUT2D eigenvalue weighted by Gasteiger charge is -2.14. The Morgan fingerprint density at radius 3 is 2.85 bits per heavy atom. The summed E-state index contributed by atoms with van der Waals surface area (Å²) in [4.78, 5) is 1.57. The number of nitrogens with one attached hydrogen (secondary N) is 2. The van der Waals surface area contributed by atoms with Gasteiger partial charge in [0, 0.05) is 31.9 Å². The molecule has 1 aliphatic heterocycles. The number of hydrogen-bond donors (Lipinski definition) is 2. The molecule has 0 saturated carbocycles. The van der Waals surface area contributed by atoms with Crippen LogP contribution in [0.4, 0.5) is 5.69 Å². The summed E-state index contributed by atoms with van der Waals surface area (Å²) >= 11 is 5.97. The number of nitriles is 1. The number of hydrogen-bond acceptors (Lipinski definition) is 5. The highest BCUT2D eigenvalue weighted by atomic mass is 35.5. The van der Waals surface area contributed by atoms with Crippen molar-refractivity contribution in [3.05, 3.63) is 23.2 Å². The first kappa shape index (κ1) is 14.9. The van der Waals surface area contributed by atoms with Gasteiger partial charge in [0.15, 0.2) is 6.19 Å². The predicted molar refractivity (Wildman–Crippen MR) is 76.9 cm³/mol. The largest absolute Gasteiger partial charge is 0.388 e. The van der Waals surface area contributed by atoms with Gasteiger partial charge in [0.25, 0.3) is 0 Å². The molecule has 1 atom stereocenters. The van der Waals surface area contributed by atoms with Crippen LogP contribution >= 0.6 is 11.6 Å². The molecule has 0 unspecified atom stereocenters. The van der Waals surface area contributed by atoms with Crippen molar-refractivity contribution in [1.82, 2.24) is 9.62 Å². The Bertz CT molecular complexity index is 641. The number of likely N-dealkylation sites (tertiary alicyclic amines) is 1. The highest BCUT2D eigenvalue weighted by Gasteiger charge is 2.28. The number of sulfonamides is 1. The lowest BCUT2D eigenvalue weighted by molar-refractivity contribution is 0.470. The molecule has 6 nitrogen and oxygen atoms in total. The van der Waals surface area contributed by atoms with E-state index in [0.29, 0.717) is 25.2 Å². The Morgan fingerprint density at radius 2 is 2.25 bits per heavy atom. The minimum atomic E-state index is -3.70. The molecule has 1 heterocycles. The Morgan fingerprint density at radius 1 is 1.50 bits per heavy atom. The second-order valence-corrected chi connectivity index (χ2v) is 6.64. The molecular weight excluding hydrogens is 300 g/mol. The molecule has 1 aromatic carbocycles. The molecule has 108 valence electrons. The molecular formula is C12H15ClN4O2S. The minimum absolute atomic E-state index is 0.0430. The fraction of sp³-hybridized carbons (Fsp3) is 0.417. The lowest BCUT2D eigenvalue weighted by atomic mass is 10.3. The number of rotatable bonds is 4. The Labute approximate surface area is 123 Å². The van der Waals surface area contributed by atoms with Gasteiger partial charge in [-0.2, -0.15) is 5.26 Å².